The Morgan fingerprint density at radius 3 is 2.48 bits per heavy atom. The number of hydrogen-bond donors (Lipinski definition) is 0. The minimum Gasteiger partial charge on any atom is -0.497 e. The lowest BCUT2D eigenvalue weighted by Crippen LogP contribution is -2.47. The molecule has 4 nitrogen and oxygen atoms in total. The second-order valence-corrected chi connectivity index (χ2v) is 6.83. The highest BCUT2D eigenvalue weighted by molar-refractivity contribution is 5.77. The number of likely N-dealkylation sites (tertiary alicyclic amines) is 2. The van der Waals surface area contributed by atoms with Crippen LogP contribution in [-0.2, 0) is 11.2 Å². The summed E-state index contributed by atoms with van der Waals surface area (Å²) in [6.45, 7) is 2.12. The summed E-state index contributed by atoms with van der Waals surface area (Å²) < 4.78 is 5.18. The monoisotopic (exact) mass is 316 g/mol. The number of ether oxygens (including phenoxy) is 1. The van der Waals surface area contributed by atoms with E-state index in [0.29, 0.717) is 24.4 Å². The van der Waals surface area contributed by atoms with Gasteiger partial charge in [0.05, 0.1) is 7.11 Å². The van der Waals surface area contributed by atoms with Crippen molar-refractivity contribution in [2.45, 2.75) is 50.6 Å². The second kappa shape index (κ2) is 7.35. The van der Waals surface area contributed by atoms with Gasteiger partial charge in [-0.05, 0) is 63.4 Å². The van der Waals surface area contributed by atoms with E-state index in [9.17, 15) is 4.79 Å². The molecular weight excluding hydrogens is 288 g/mol. The van der Waals surface area contributed by atoms with Crippen molar-refractivity contribution in [3.05, 3.63) is 29.8 Å². The van der Waals surface area contributed by atoms with Crippen molar-refractivity contribution in [1.29, 1.82) is 0 Å². The zero-order valence-corrected chi connectivity index (χ0v) is 14.3. The summed E-state index contributed by atoms with van der Waals surface area (Å²) in [7, 11) is 3.88. The van der Waals surface area contributed by atoms with E-state index in [1.54, 1.807) is 7.11 Å². The maximum atomic E-state index is 12.7. The van der Waals surface area contributed by atoms with Gasteiger partial charge in [-0.25, -0.2) is 0 Å². The molecule has 4 heteroatoms. The Labute approximate surface area is 139 Å². The van der Waals surface area contributed by atoms with E-state index < -0.39 is 0 Å². The molecule has 0 N–H and O–H groups in total. The molecule has 0 radical (unpaired) electrons. The number of rotatable bonds is 5. The Morgan fingerprint density at radius 1 is 1.13 bits per heavy atom. The quantitative estimate of drug-likeness (QED) is 0.837. The van der Waals surface area contributed by atoms with Gasteiger partial charge in [-0.3, -0.25) is 4.79 Å². The maximum Gasteiger partial charge on any atom is 0.223 e. The van der Waals surface area contributed by atoms with Crippen LogP contribution in [0.1, 0.15) is 37.7 Å². The van der Waals surface area contributed by atoms with Gasteiger partial charge in [0, 0.05) is 25.0 Å². The van der Waals surface area contributed by atoms with Gasteiger partial charge >= 0.3 is 0 Å². The summed E-state index contributed by atoms with van der Waals surface area (Å²) in [4.78, 5) is 17.3. The number of methoxy groups -OCH3 is 1. The number of likely N-dealkylation sites (N-methyl/N-ethyl adjacent to an activating group) is 1. The van der Waals surface area contributed by atoms with Gasteiger partial charge in [-0.1, -0.05) is 12.1 Å². The predicted octanol–water partition coefficient (Wildman–Crippen LogP) is 2.71. The predicted molar refractivity (Wildman–Crippen MR) is 91.7 cm³/mol. The molecule has 2 saturated heterocycles. The molecule has 1 amide bonds. The van der Waals surface area contributed by atoms with Crippen LogP contribution in [0.2, 0.25) is 0 Å². The summed E-state index contributed by atoms with van der Waals surface area (Å²) in [5.74, 6) is 1.19. The van der Waals surface area contributed by atoms with Crippen molar-refractivity contribution in [2.24, 2.45) is 0 Å². The first-order valence-electron chi connectivity index (χ1n) is 8.81. The Morgan fingerprint density at radius 2 is 1.83 bits per heavy atom. The summed E-state index contributed by atoms with van der Waals surface area (Å²) >= 11 is 0. The zero-order chi connectivity index (χ0) is 16.2. The first-order chi connectivity index (χ1) is 11.2. The van der Waals surface area contributed by atoms with E-state index in [0.717, 1.165) is 25.1 Å². The van der Waals surface area contributed by atoms with E-state index in [1.165, 1.54) is 31.4 Å². The molecule has 2 aliphatic rings. The topological polar surface area (TPSA) is 32.8 Å². The number of benzene rings is 1. The highest BCUT2D eigenvalue weighted by atomic mass is 16.5. The lowest BCUT2D eigenvalue weighted by Gasteiger charge is -2.33. The first kappa shape index (κ1) is 16.3. The SMILES string of the molecule is COc1ccc(CCC(=O)N2CCC[C@H]2[C@H]2CCCN2C)cc1. The molecule has 0 aliphatic carbocycles. The molecule has 23 heavy (non-hydrogen) atoms. The molecule has 2 heterocycles. The minimum atomic E-state index is 0.323. The number of hydrogen-bond acceptors (Lipinski definition) is 3. The van der Waals surface area contributed by atoms with Crippen molar-refractivity contribution >= 4 is 5.91 Å². The van der Waals surface area contributed by atoms with Crippen molar-refractivity contribution in [3.8, 4) is 5.75 Å². The average molecular weight is 316 g/mol. The molecule has 3 rings (SSSR count). The molecule has 1 aromatic carbocycles. The molecule has 2 aliphatic heterocycles. The van der Waals surface area contributed by atoms with E-state index >= 15 is 0 Å². The molecule has 1 aromatic rings. The summed E-state index contributed by atoms with van der Waals surface area (Å²) in [5.41, 5.74) is 1.20. The van der Waals surface area contributed by atoms with Crippen LogP contribution in [0.4, 0.5) is 0 Å². The van der Waals surface area contributed by atoms with Gasteiger partial charge in [-0.15, -0.1) is 0 Å². The van der Waals surface area contributed by atoms with Gasteiger partial charge in [-0.2, -0.15) is 0 Å². The van der Waals surface area contributed by atoms with Gasteiger partial charge < -0.3 is 14.5 Å². The van der Waals surface area contributed by atoms with Crippen molar-refractivity contribution < 1.29 is 9.53 Å². The van der Waals surface area contributed by atoms with Crippen molar-refractivity contribution in [1.82, 2.24) is 9.80 Å². The third-order valence-electron chi connectivity index (χ3n) is 5.43. The molecular formula is C19H28N2O2. The Bertz CT molecular complexity index is 529. The lowest BCUT2D eigenvalue weighted by atomic mass is 10.0. The highest BCUT2D eigenvalue weighted by Crippen LogP contribution is 2.29. The Kier molecular flexibility index (Phi) is 5.21. The largest absolute Gasteiger partial charge is 0.497 e. The second-order valence-electron chi connectivity index (χ2n) is 6.83. The first-order valence-corrected chi connectivity index (χ1v) is 8.81. The fraction of sp³-hybridized carbons (Fsp3) is 0.632. The molecule has 2 atom stereocenters. The molecule has 0 aromatic heterocycles. The van der Waals surface area contributed by atoms with Crippen molar-refractivity contribution in [3.63, 3.8) is 0 Å². The highest BCUT2D eigenvalue weighted by Gasteiger charge is 2.37. The van der Waals surface area contributed by atoms with Crippen LogP contribution in [0.3, 0.4) is 0 Å². The van der Waals surface area contributed by atoms with Crippen LogP contribution in [0.5, 0.6) is 5.75 Å². The smallest absolute Gasteiger partial charge is 0.223 e. The Balaban J connectivity index is 1.56. The van der Waals surface area contributed by atoms with E-state index in [-0.39, 0.29) is 0 Å². The van der Waals surface area contributed by atoms with Crippen LogP contribution in [0.15, 0.2) is 24.3 Å². The van der Waals surface area contributed by atoms with Crippen LogP contribution in [0.25, 0.3) is 0 Å². The lowest BCUT2D eigenvalue weighted by molar-refractivity contribution is -0.132. The molecule has 126 valence electrons. The van der Waals surface area contributed by atoms with Gasteiger partial charge in [0.1, 0.15) is 5.75 Å². The number of amides is 1. The third-order valence-corrected chi connectivity index (χ3v) is 5.43. The Hall–Kier alpha value is -1.55. The average Bonchev–Trinajstić information content (AvgIpc) is 3.21. The number of nitrogens with zero attached hydrogens (tertiary/aromatic N) is 2. The van der Waals surface area contributed by atoms with Crippen LogP contribution in [-0.4, -0.2) is 55.0 Å². The minimum absolute atomic E-state index is 0.323. The number of aryl methyl sites for hydroxylation is 1. The molecule has 0 saturated carbocycles. The zero-order valence-electron chi connectivity index (χ0n) is 14.3. The molecule has 0 spiro atoms. The molecule has 2 fully saturated rings. The van der Waals surface area contributed by atoms with E-state index in [4.69, 9.17) is 4.74 Å². The van der Waals surface area contributed by atoms with Gasteiger partial charge in [0.25, 0.3) is 0 Å². The number of carbonyl (C=O) groups is 1. The normalized spacial score (nSPS) is 25.0. The van der Waals surface area contributed by atoms with E-state index in [2.05, 4.69) is 29.0 Å². The maximum absolute atomic E-state index is 12.7. The third kappa shape index (κ3) is 3.69. The van der Waals surface area contributed by atoms with Gasteiger partial charge in [0.2, 0.25) is 5.91 Å². The van der Waals surface area contributed by atoms with Crippen molar-refractivity contribution in [2.75, 3.05) is 27.2 Å². The van der Waals surface area contributed by atoms with Crippen LogP contribution in [0, 0.1) is 0 Å². The number of carbonyl (C=O) groups excluding carboxylic acids is 1. The molecule has 0 unspecified atom stereocenters. The summed E-state index contributed by atoms with van der Waals surface area (Å²) in [5, 5.41) is 0. The van der Waals surface area contributed by atoms with E-state index in [1.807, 2.05) is 12.1 Å². The molecule has 0 bridgehead atoms. The van der Waals surface area contributed by atoms with Crippen LogP contribution < -0.4 is 4.74 Å². The summed E-state index contributed by atoms with van der Waals surface area (Å²) in [6.07, 6.45) is 6.26. The summed E-state index contributed by atoms with van der Waals surface area (Å²) in [6, 6.07) is 9.04. The standard InChI is InChI=1S/C19H28N2O2/c1-20-13-3-5-17(20)18-6-4-14-21(18)19(22)12-9-15-7-10-16(23-2)11-8-15/h7-8,10-11,17-18H,3-6,9,12-14H2,1-2H3/t17-,18+/m1/s1. The van der Waals surface area contributed by atoms with Crippen LogP contribution >= 0.6 is 0 Å². The fourth-order valence-electron chi connectivity index (χ4n) is 4.11. The van der Waals surface area contributed by atoms with Gasteiger partial charge in [0.15, 0.2) is 0 Å². The fourth-order valence-corrected chi connectivity index (χ4v) is 4.11.